The summed E-state index contributed by atoms with van der Waals surface area (Å²) < 4.78 is 13.0. The van der Waals surface area contributed by atoms with Crippen molar-refractivity contribution in [3.05, 3.63) is 235 Å². The number of hydrogen-bond acceptors (Lipinski definition) is 4. The second-order valence-electron chi connectivity index (χ2n) is 19.6. The van der Waals surface area contributed by atoms with E-state index in [4.69, 9.17) is 20.8 Å². The molecule has 0 unspecified atom stereocenters. The van der Waals surface area contributed by atoms with Crippen molar-refractivity contribution in [2.75, 3.05) is 11.5 Å². The molecule has 4 N–H and O–H groups in total. The molecule has 0 spiro atoms. The quantitative estimate of drug-likeness (QED) is 0.105. The SMILES string of the molecule is Brc1c2ccccc2c(-c2cccc3ccccc23)c2ccccc12.C.CC1(C)OB(c2ccc(N)cc2)OC1(C)C.Nc1ccc(-c2c3ccccc3c(-c3cccc4ccccc34)c3ccccc23)cc1. The highest BCUT2D eigenvalue weighted by Gasteiger charge is 2.51. The summed E-state index contributed by atoms with van der Waals surface area (Å²) in [4.78, 5) is 0. The Balaban J connectivity index is 0.000000131. The fourth-order valence-corrected chi connectivity index (χ4v) is 11.0. The number of hydrogen-bond donors (Lipinski definition) is 2. The lowest BCUT2D eigenvalue weighted by Crippen LogP contribution is -2.41. The maximum atomic E-state index is 5.98. The summed E-state index contributed by atoms with van der Waals surface area (Å²) in [7, 11) is -0.300. The number of nitrogen functional groups attached to an aromatic ring is 2. The summed E-state index contributed by atoms with van der Waals surface area (Å²) in [5.74, 6) is 0. The molecular formula is C67H58BBrN2O2. The van der Waals surface area contributed by atoms with Crippen LogP contribution < -0.4 is 16.9 Å². The standard InChI is InChI=1S/C30H21N.C24H15Br.C12H18BNO2.CH4/c31-22-18-16-21(17-19-22)29-25-11-3-5-13-27(25)30(28-14-6-4-12-26(28)29)24-15-7-9-20-8-1-2-10-23(20)24;25-24-21-13-5-3-11-19(21)23(20-12-4-6-14-22(20)24)18-15-7-9-16-8-1-2-10-17(16)18;1-11(2)12(3,4)16-13(15-11)9-5-7-10(14)8-6-9;/h1-19H,31H2;1-15H;5-8H,14H2,1-4H3;1H4. The van der Waals surface area contributed by atoms with Crippen molar-refractivity contribution >= 4 is 105 Å². The Morgan fingerprint density at radius 2 is 0.644 bits per heavy atom. The zero-order valence-corrected chi connectivity index (χ0v) is 42.5. The molecule has 4 nitrogen and oxygen atoms in total. The van der Waals surface area contributed by atoms with Gasteiger partial charge in [-0.25, -0.2) is 0 Å². The first-order chi connectivity index (χ1) is 35.0. The molecule has 12 aromatic rings. The average molecular weight is 1010 g/mol. The van der Waals surface area contributed by atoms with E-state index in [1.165, 1.54) is 102 Å². The molecule has 358 valence electrons. The molecule has 1 heterocycles. The summed E-state index contributed by atoms with van der Waals surface area (Å²) >= 11 is 3.84. The van der Waals surface area contributed by atoms with Gasteiger partial charge < -0.3 is 20.8 Å². The van der Waals surface area contributed by atoms with E-state index in [0.717, 1.165) is 16.8 Å². The van der Waals surface area contributed by atoms with Gasteiger partial charge in [0.15, 0.2) is 0 Å². The maximum Gasteiger partial charge on any atom is 0.494 e. The van der Waals surface area contributed by atoms with Gasteiger partial charge in [-0.1, -0.05) is 214 Å². The highest BCUT2D eigenvalue weighted by molar-refractivity contribution is 9.10. The van der Waals surface area contributed by atoms with Gasteiger partial charge in [0.2, 0.25) is 0 Å². The third kappa shape index (κ3) is 9.12. The second kappa shape index (κ2) is 20.0. The van der Waals surface area contributed by atoms with Crippen molar-refractivity contribution < 1.29 is 9.31 Å². The molecule has 1 aliphatic heterocycles. The number of fused-ring (bicyclic) bond motifs is 6. The first-order valence-corrected chi connectivity index (χ1v) is 25.3. The molecular weight excluding hydrogens is 955 g/mol. The highest BCUT2D eigenvalue weighted by Crippen LogP contribution is 2.46. The van der Waals surface area contributed by atoms with Crippen molar-refractivity contribution in [2.24, 2.45) is 0 Å². The molecule has 0 aromatic heterocycles. The molecule has 0 atom stereocenters. The summed E-state index contributed by atoms with van der Waals surface area (Å²) in [5.41, 5.74) is 21.2. The van der Waals surface area contributed by atoms with Crippen LogP contribution in [-0.4, -0.2) is 18.3 Å². The van der Waals surface area contributed by atoms with Crippen LogP contribution in [0.25, 0.3) is 98.0 Å². The van der Waals surface area contributed by atoms with Crippen molar-refractivity contribution in [2.45, 2.75) is 46.3 Å². The molecule has 0 saturated carbocycles. The van der Waals surface area contributed by atoms with Crippen LogP contribution >= 0.6 is 15.9 Å². The van der Waals surface area contributed by atoms with Crippen LogP contribution in [0.3, 0.4) is 0 Å². The Labute approximate surface area is 437 Å². The molecule has 6 heteroatoms. The number of halogens is 1. The zero-order valence-electron chi connectivity index (χ0n) is 40.9. The molecule has 1 saturated heterocycles. The van der Waals surface area contributed by atoms with E-state index in [9.17, 15) is 0 Å². The zero-order chi connectivity index (χ0) is 49.6. The van der Waals surface area contributed by atoms with E-state index < -0.39 is 0 Å². The van der Waals surface area contributed by atoms with Crippen molar-refractivity contribution in [3.63, 3.8) is 0 Å². The van der Waals surface area contributed by atoms with E-state index in [2.05, 4.69) is 210 Å². The van der Waals surface area contributed by atoms with Crippen LogP contribution in [-0.2, 0) is 9.31 Å². The van der Waals surface area contributed by atoms with Gasteiger partial charge in [-0.2, -0.15) is 0 Å². The van der Waals surface area contributed by atoms with Crippen molar-refractivity contribution in [3.8, 4) is 33.4 Å². The first-order valence-electron chi connectivity index (χ1n) is 24.5. The number of anilines is 2. The lowest BCUT2D eigenvalue weighted by Gasteiger charge is -2.32. The Bertz CT molecular complexity index is 3840. The van der Waals surface area contributed by atoms with Gasteiger partial charge in [0, 0.05) is 15.8 Å². The molecule has 12 aromatic carbocycles. The monoisotopic (exact) mass is 1010 g/mol. The van der Waals surface area contributed by atoms with Gasteiger partial charge >= 0.3 is 7.12 Å². The molecule has 73 heavy (non-hydrogen) atoms. The minimum absolute atomic E-state index is 0. The number of rotatable bonds is 4. The van der Waals surface area contributed by atoms with Crippen LogP contribution in [0.15, 0.2) is 235 Å². The van der Waals surface area contributed by atoms with Crippen LogP contribution in [0.2, 0.25) is 0 Å². The van der Waals surface area contributed by atoms with Crippen molar-refractivity contribution in [1.82, 2.24) is 0 Å². The fourth-order valence-electron chi connectivity index (χ4n) is 10.3. The number of benzene rings is 12. The van der Waals surface area contributed by atoms with Gasteiger partial charge in [-0.15, -0.1) is 0 Å². The predicted molar refractivity (Wildman–Crippen MR) is 320 cm³/mol. The molecule has 0 radical (unpaired) electrons. The van der Waals surface area contributed by atoms with E-state index in [0.29, 0.717) is 0 Å². The van der Waals surface area contributed by atoms with E-state index >= 15 is 0 Å². The lowest BCUT2D eigenvalue weighted by molar-refractivity contribution is 0.00578. The third-order valence-corrected chi connectivity index (χ3v) is 15.4. The van der Waals surface area contributed by atoms with E-state index in [1.807, 2.05) is 64.1 Å². The molecule has 13 rings (SSSR count). The second-order valence-corrected chi connectivity index (χ2v) is 20.3. The Morgan fingerprint density at radius 1 is 0.342 bits per heavy atom. The van der Waals surface area contributed by atoms with Gasteiger partial charge in [-0.3, -0.25) is 0 Å². The molecule has 0 aliphatic carbocycles. The molecule has 1 aliphatic rings. The third-order valence-electron chi connectivity index (χ3n) is 14.6. The maximum absolute atomic E-state index is 5.98. The van der Waals surface area contributed by atoms with Crippen LogP contribution in [0, 0.1) is 0 Å². The van der Waals surface area contributed by atoms with Crippen molar-refractivity contribution in [1.29, 1.82) is 0 Å². The van der Waals surface area contributed by atoms with E-state index in [1.54, 1.807) is 0 Å². The summed E-state index contributed by atoms with van der Waals surface area (Å²) in [6, 6.07) is 81.1. The Hall–Kier alpha value is -7.74. The molecule has 0 amide bonds. The van der Waals surface area contributed by atoms with Gasteiger partial charge in [0.05, 0.1) is 11.2 Å². The summed E-state index contributed by atoms with van der Waals surface area (Å²) in [6.45, 7) is 8.18. The van der Waals surface area contributed by atoms with E-state index in [-0.39, 0.29) is 25.7 Å². The van der Waals surface area contributed by atoms with Gasteiger partial charge in [0.25, 0.3) is 0 Å². The highest BCUT2D eigenvalue weighted by atomic mass is 79.9. The number of nitrogens with two attached hydrogens (primary N) is 2. The Morgan fingerprint density at radius 3 is 1.04 bits per heavy atom. The largest absolute Gasteiger partial charge is 0.494 e. The predicted octanol–water partition coefficient (Wildman–Crippen LogP) is 17.8. The van der Waals surface area contributed by atoms with Crippen LogP contribution in [0.1, 0.15) is 35.1 Å². The average Bonchev–Trinajstić information content (AvgIpc) is 3.64. The van der Waals surface area contributed by atoms with Crippen LogP contribution in [0.4, 0.5) is 11.4 Å². The normalized spacial score (nSPS) is 13.6. The summed E-state index contributed by atoms with van der Waals surface area (Å²) in [6.07, 6.45) is 0. The topological polar surface area (TPSA) is 70.5 Å². The Kier molecular flexibility index (Phi) is 13.4. The minimum atomic E-state index is -0.300. The van der Waals surface area contributed by atoms with Crippen LogP contribution in [0.5, 0.6) is 0 Å². The minimum Gasteiger partial charge on any atom is -0.399 e. The van der Waals surface area contributed by atoms with Gasteiger partial charge in [0.1, 0.15) is 0 Å². The molecule has 1 fully saturated rings. The van der Waals surface area contributed by atoms with Gasteiger partial charge in [-0.05, 0) is 171 Å². The smallest absolute Gasteiger partial charge is 0.399 e. The first kappa shape index (κ1) is 48.9. The summed E-state index contributed by atoms with van der Waals surface area (Å²) in [5, 5.41) is 15.2. The molecule has 0 bridgehead atoms. The lowest BCUT2D eigenvalue weighted by atomic mass is 9.79. The fraction of sp³-hybridized carbons (Fsp3) is 0.104.